The summed E-state index contributed by atoms with van der Waals surface area (Å²) in [6.07, 6.45) is 6.93. The molecule has 2 aromatic carbocycles. The molecular formula is C24H30O6S2. The highest BCUT2D eigenvalue weighted by Crippen LogP contribution is 2.31. The van der Waals surface area contributed by atoms with Gasteiger partial charge in [0.15, 0.2) is 0 Å². The number of hydrogen-bond acceptors (Lipinski definition) is 6. The number of rotatable bonds is 10. The highest BCUT2D eigenvalue weighted by molar-refractivity contribution is 7.87. The fourth-order valence-corrected chi connectivity index (χ4v) is 5.64. The Balaban J connectivity index is 1.51. The van der Waals surface area contributed by atoms with Crippen molar-refractivity contribution in [3.8, 4) is 0 Å². The Morgan fingerprint density at radius 2 is 1.00 bits per heavy atom. The molecule has 0 radical (unpaired) electrons. The summed E-state index contributed by atoms with van der Waals surface area (Å²) in [4.78, 5) is 0.302. The Labute approximate surface area is 191 Å². The number of allylic oxidation sites excluding steroid dienone is 2. The minimum Gasteiger partial charge on any atom is -0.266 e. The third-order valence-corrected chi connectivity index (χ3v) is 8.44. The van der Waals surface area contributed by atoms with Gasteiger partial charge in [0.2, 0.25) is 0 Å². The smallest absolute Gasteiger partial charge is 0.266 e. The molecule has 0 bridgehead atoms. The van der Waals surface area contributed by atoms with Gasteiger partial charge in [-0.25, -0.2) is 0 Å². The average molecular weight is 479 g/mol. The average Bonchev–Trinajstić information content (AvgIpc) is 2.75. The molecule has 0 saturated carbocycles. The lowest BCUT2D eigenvalue weighted by Gasteiger charge is -2.28. The molecule has 0 saturated heterocycles. The third-order valence-electron chi connectivity index (χ3n) is 5.78. The predicted molar refractivity (Wildman–Crippen MR) is 123 cm³/mol. The van der Waals surface area contributed by atoms with Crippen LogP contribution in [0.5, 0.6) is 0 Å². The molecule has 174 valence electrons. The van der Waals surface area contributed by atoms with Crippen LogP contribution < -0.4 is 0 Å². The molecule has 2 aromatic rings. The summed E-state index contributed by atoms with van der Waals surface area (Å²) in [6.45, 7) is 3.97. The molecule has 2 atom stereocenters. The lowest BCUT2D eigenvalue weighted by Crippen LogP contribution is -2.22. The van der Waals surface area contributed by atoms with E-state index in [0.29, 0.717) is 12.8 Å². The van der Waals surface area contributed by atoms with Gasteiger partial charge in [0.25, 0.3) is 20.2 Å². The second-order valence-electron chi connectivity index (χ2n) is 8.22. The fourth-order valence-electron chi connectivity index (χ4n) is 3.80. The van der Waals surface area contributed by atoms with Crippen molar-refractivity contribution in [2.75, 3.05) is 13.2 Å². The Morgan fingerprint density at radius 1 is 0.656 bits per heavy atom. The van der Waals surface area contributed by atoms with E-state index >= 15 is 0 Å². The van der Waals surface area contributed by atoms with Crippen molar-refractivity contribution in [2.45, 2.75) is 49.3 Å². The van der Waals surface area contributed by atoms with E-state index in [9.17, 15) is 16.8 Å². The van der Waals surface area contributed by atoms with Gasteiger partial charge in [-0.15, -0.1) is 0 Å². The molecule has 0 N–H and O–H groups in total. The van der Waals surface area contributed by atoms with Crippen molar-refractivity contribution < 1.29 is 25.2 Å². The zero-order valence-corrected chi connectivity index (χ0v) is 20.1. The molecule has 8 heteroatoms. The first kappa shape index (κ1) is 24.6. The van der Waals surface area contributed by atoms with Crippen molar-refractivity contribution >= 4 is 20.2 Å². The second-order valence-corrected chi connectivity index (χ2v) is 11.4. The summed E-state index contributed by atoms with van der Waals surface area (Å²) >= 11 is 0. The van der Waals surface area contributed by atoms with Crippen LogP contribution in [0.1, 0.15) is 36.8 Å². The number of benzene rings is 2. The Morgan fingerprint density at radius 3 is 1.34 bits per heavy atom. The van der Waals surface area contributed by atoms with Crippen LogP contribution >= 0.6 is 0 Å². The molecule has 0 unspecified atom stereocenters. The first-order valence-corrected chi connectivity index (χ1v) is 13.6. The van der Waals surface area contributed by atoms with Gasteiger partial charge in [-0.2, -0.15) is 16.8 Å². The highest BCUT2D eigenvalue weighted by atomic mass is 32.2. The van der Waals surface area contributed by atoms with Crippen LogP contribution in [0.3, 0.4) is 0 Å². The zero-order chi connectivity index (χ0) is 23.2. The van der Waals surface area contributed by atoms with E-state index < -0.39 is 20.2 Å². The zero-order valence-electron chi connectivity index (χ0n) is 18.4. The van der Waals surface area contributed by atoms with Crippen molar-refractivity contribution in [3.63, 3.8) is 0 Å². The molecule has 0 amide bonds. The number of hydrogen-bond donors (Lipinski definition) is 0. The molecular weight excluding hydrogens is 448 g/mol. The molecule has 0 fully saturated rings. The van der Waals surface area contributed by atoms with Crippen molar-refractivity contribution in [2.24, 2.45) is 11.8 Å². The molecule has 1 aliphatic rings. The lowest BCUT2D eigenvalue weighted by atomic mass is 9.79. The summed E-state index contributed by atoms with van der Waals surface area (Å²) in [5.41, 5.74) is 1.96. The van der Waals surface area contributed by atoms with Crippen LogP contribution in [0, 0.1) is 25.7 Å². The van der Waals surface area contributed by atoms with Crippen molar-refractivity contribution in [3.05, 3.63) is 71.8 Å². The summed E-state index contributed by atoms with van der Waals surface area (Å²) in [7, 11) is -7.57. The van der Waals surface area contributed by atoms with Crippen LogP contribution in [-0.2, 0) is 28.6 Å². The van der Waals surface area contributed by atoms with Gasteiger partial charge in [-0.05, 0) is 75.6 Å². The molecule has 0 spiro atoms. The molecule has 6 nitrogen and oxygen atoms in total. The third kappa shape index (κ3) is 6.75. The SMILES string of the molecule is Cc1ccc(S(=O)(=O)OCC[C@@H]2CC=CC[C@H]2CCOS(=O)(=O)c2ccc(C)cc2)cc1. The Bertz CT molecular complexity index is 1030. The van der Waals surface area contributed by atoms with E-state index in [1.807, 2.05) is 13.8 Å². The molecule has 3 rings (SSSR count). The molecule has 0 heterocycles. The fraction of sp³-hybridized carbons (Fsp3) is 0.417. The normalized spacial score (nSPS) is 19.2. The minimum absolute atomic E-state index is 0.0910. The van der Waals surface area contributed by atoms with Gasteiger partial charge in [0.05, 0.1) is 23.0 Å². The van der Waals surface area contributed by atoms with E-state index in [1.165, 1.54) is 0 Å². The summed E-state index contributed by atoms with van der Waals surface area (Å²) < 4.78 is 60.0. The molecule has 1 aliphatic carbocycles. The number of aryl methyl sites for hydroxylation is 2. The van der Waals surface area contributed by atoms with Gasteiger partial charge >= 0.3 is 0 Å². The van der Waals surface area contributed by atoms with E-state index in [2.05, 4.69) is 12.2 Å². The van der Waals surface area contributed by atoms with Gasteiger partial charge in [0, 0.05) is 0 Å². The van der Waals surface area contributed by atoms with Gasteiger partial charge in [0.1, 0.15) is 0 Å². The Hall–Kier alpha value is -2.00. The highest BCUT2D eigenvalue weighted by Gasteiger charge is 2.25. The van der Waals surface area contributed by atoms with E-state index in [4.69, 9.17) is 8.37 Å². The van der Waals surface area contributed by atoms with Crippen molar-refractivity contribution in [1.82, 2.24) is 0 Å². The maximum atomic E-state index is 12.4. The molecule has 32 heavy (non-hydrogen) atoms. The first-order valence-electron chi connectivity index (χ1n) is 10.7. The summed E-state index contributed by atoms with van der Waals surface area (Å²) in [5.74, 6) is 0.415. The molecule has 0 aliphatic heterocycles. The van der Waals surface area contributed by atoms with Crippen LogP contribution in [0.2, 0.25) is 0 Å². The van der Waals surface area contributed by atoms with E-state index in [0.717, 1.165) is 24.0 Å². The maximum absolute atomic E-state index is 12.4. The van der Waals surface area contributed by atoms with Crippen LogP contribution in [0.4, 0.5) is 0 Å². The summed E-state index contributed by atoms with van der Waals surface area (Å²) in [6, 6.07) is 13.1. The first-order chi connectivity index (χ1) is 15.2. The van der Waals surface area contributed by atoms with Gasteiger partial charge < -0.3 is 0 Å². The van der Waals surface area contributed by atoms with Gasteiger partial charge in [-0.1, -0.05) is 47.5 Å². The maximum Gasteiger partial charge on any atom is 0.296 e. The monoisotopic (exact) mass is 478 g/mol. The van der Waals surface area contributed by atoms with Crippen LogP contribution in [0.15, 0.2) is 70.5 Å². The summed E-state index contributed by atoms with van der Waals surface area (Å²) in [5, 5.41) is 0. The van der Waals surface area contributed by atoms with Crippen molar-refractivity contribution in [1.29, 1.82) is 0 Å². The quantitative estimate of drug-likeness (QED) is 0.361. The van der Waals surface area contributed by atoms with E-state index in [-0.39, 0.29) is 34.8 Å². The largest absolute Gasteiger partial charge is 0.296 e. The Kier molecular flexibility index (Phi) is 8.27. The van der Waals surface area contributed by atoms with Gasteiger partial charge in [-0.3, -0.25) is 8.37 Å². The van der Waals surface area contributed by atoms with Crippen LogP contribution in [-0.4, -0.2) is 30.0 Å². The molecule has 0 aromatic heterocycles. The minimum atomic E-state index is -3.79. The topological polar surface area (TPSA) is 86.7 Å². The van der Waals surface area contributed by atoms with E-state index in [1.54, 1.807) is 48.5 Å². The van der Waals surface area contributed by atoms with Crippen LogP contribution in [0.25, 0.3) is 0 Å². The lowest BCUT2D eigenvalue weighted by molar-refractivity contribution is 0.198. The standard InChI is InChI=1S/C24H30O6S2/c1-19-7-11-23(12-8-19)31(25,26)29-17-15-21-5-3-4-6-22(21)16-18-30-32(27,28)24-13-9-20(2)10-14-24/h3-4,7-14,21-22H,5-6,15-18H2,1-2H3/t21-,22-/m0/s1. The second kappa shape index (κ2) is 10.7. The predicted octanol–water partition coefficient (Wildman–Crippen LogP) is 4.78.